The summed E-state index contributed by atoms with van der Waals surface area (Å²) in [7, 11) is 0. The van der Waals surface area contributed by atoms with E-state index in [-0.39, 0.29) is 0 Å². The molecule has 4 aliphatic rings. The van der Waals surface area contributed by atoms with E-state index in [1.807, 2.05) is 14.7 Å². The fourth-order valence-electron chi connectivity index (χ4n) is 4.11. The molecular formula is C11H26N4+4. The van der Waals surface area contributed by atoms with Gasteiger partial charge in [0.15, 0.2) is 0 Å². The van der Waals surface area contributed by atoms with Crippen LogP contribution in [0.1, 0.15) is 26.2 Å². The first-order chi connectivity index (χ1) is 7.30. The molecule has 0 unspecified atom stereocenters. The molecule has 4 saturated heterocycles. The topological polar surface area (TPSA) is 13.3 Å². The molecule has 4 heterocycles. The van der Waals surface area contributed by atoms with Gasteiger partial charge < -0.3 is 0 Å². The van der Waals surface area contributed by atoms with Crippen LogP contribution in [0, 0.1) is 0 Å². The van der Waals surface area contributed by atoms with Crippen molar-refractivity contribution < 1.29 is 19.2 Å². The minimum atomic E-state index is 1.36. The molecule has 0 aromatic rings. The van der Waals surface area contributed by atoms with E-state index in [9.17, 15) is 0 Å². The molecule has 0 radical (unpaired) electrons. The predicted octanol–water partition coefficient (Wildman–Crippen LogP) is -3.57. The second-order valence-corrected chi connectivity index (χ2v) is 6.03. The van der Waals surface area contributed by atoms with Crippen molar-refractivity contribution in [1.82, 2.24) is 0 Å². The summed E-state index contributed by atoms with van der Waals surface area (Å²) in [6.45, 7) is 12.2. The minimum Gasteiger partial charge on any atom is -0.195 e. The predicted molar refractivity (Wildman–Crippen MR) is 56.7 cm³/mol. The zero-order chi connectivity index (χ0) is 10.3. The molecule has 0 amide bonds. The van der Waals surface area contributed by atoms with Crippen LogP contribution in [0.15, 0.2) is 0 Å². The molecule has 86 valence electrons. The summed E-state index contributed by atoms with van der Waals surface area (Å²) in [4.78, 5) is 5.58. The highest BCUT2D eigenvalue weighted by Crippen LogP contribution is 2.07. The second kappa shape index (κ2) is 3.70. The third-order valence-corrected chi connectivity index (χ3v) is 4.41. The number of hydrogen-bond acceptors (Lipinski definition) is 0. The lowest BCUT2D eigenvalue weighted by molar-refractivity contribution is -1.43. The van der Waals surface area contributed by atoms with Crippen LogP contribution < -0.4 is 14.7 Å². The Kier molecular flexibility index (Phi) is 2.47. The normalized spacial score (nSPS) is 47.4. The van der Waals surface area contributed by atoms with Gasteiger partial charge in [0.2, 0.25) is 40.0 Å². The van der Waals surface area contributed by atoms with Crippen LogP contribution >= 0.6 is 0 Å². The van der Waals surface area contributed by atoms with Crippen LogP contribution in [0.3, 0.4) is 0 Å². The zero-order valence-corrected chi connectivity index (χ0v) is 10.0. The summed E-state index contributed by atoms with van der Waals surface area (Å²) in [5.74, 6) is 0. The maximum Gasteiger partial charge on any atom is 0.223 e. The highest BCUT2D eigenvalue weighted by molar-refractivity contribution is 4.41. The van der Waals surface area contributed by atoms with E-state index in [0.717, 1.165) is 0 Å². The first kappa shape index (κ1) is 10.0. The fourth-order valence-corrected chi connectivity index (χ4v) is 4.11. The summed E-state index contributed by atoms with van der Waals surface area (Å²) < 4.78 is 1.43. The Labute approximate surface area is 92.6 Å². The smallest absolute Gasteiger partial charge is 0.195 e. The molecule has 0 aliphatic carbocycles. The van der Waals surface area contributed by atoms with Gasteiger partial charge in [-0.1, -0.05) is 13.3 Å². The lowest BCUT2D eigenvalue weighted by Gasteiger charge is -2.52. The van der Waals surface area contributed by atoms with Gasteiger partial charge in [-0.2, -0.15) is 19.2 Å². The van der Waals surface area contributed by atoms with Crippen LogP contribution in [0.5, 0.6) is 0 Å². The first-order valence-electron chi connectivity index (χ1n) is 6.65. The molecule has 4 fully saturated rings. The maximum absolute atomic E-state index is 2.31. The van der Waals surface area contributed by atoms with Gasteiger partial charge in [-0.25, -0.2) is 0 Å². The molecule has 4 bridgehead atoms. The highest BCUT2D eigenvalue weighted by atomic mass is 15.7. The number of quaternary nitrogens is 4. The summed E-state index contributed by atoms with van der Waals surface area (Å²) in [6, 6.07) is 0. The molecule has 4 nitrogen and oxygen atoms in total. The van der Waals surface area contributed by atoms with Gasteiger partial charge in [-0.15, -0.1) is 0 Å². The van der Waals surface area contributed by atoms with Gasteiger partial charge in [0.05, 0.1) is 6.54 Å². The van der Waals surface area contributed by atoms with E-state index < -0.39 is 0 Å². The van der Waals surface area contributed by atoms with Gasteiger partial charge in [0.25, 0.3) is 0 Å². The second-order valence-electron chi connectivity index (χ2n) is 6.03. The number of nitrogens with one attached hydrogen (secondary N) is 3. The lowest BCUT2D eigenvalue weighted by atomic mass is 10.2. The molecule has 15 heavy (non-hydrogen) atoms. The molecular weight excluding hydrogens is 188 g/mol. The third-order valence-electron chi connectivity index (χ3n) is 4.41. The summed E-state index contributed by atoms with van der Waals surface area (Å²) in [6.07, 6.45) is 4.24. The van der Waals surface area contributed by atoms with Crippen molar-refractivity contribution in [2.24, 2.45) is 0 Å². The van der Waals surface area contributed by atoms with Crippen LogP contribution in [0.25, 0.3) is 0 Å². The van der Waals surface area contributed by atoms with Gasteiger partial charge in [0, 0.05) is 0 Å². The van der Waals surface area contributed by atoms with Crippen molar-refractivity contribution >= 4 is 0 Å². The van der Waals surface area contributed by atoms with E-state index in [2.05, 4.69) is 6.92 Å². The molecule has 4 rings (SSSR count). The van der Waals surface area contributed by atoms with Gasteiger partial charge in [-0.05, 0) is 12.8 Å². The molecule has 3 N–H and O–H groups in total. The molecule has 4 heteroatoms. The Morgan fingerprint density at radius 3 is 1.87 bits per heavy atom. The standard InChI is InChI=1S/C11H23N4/c1-2-3-4-5-15-9-12-6-13(10-15)8-14(7-12)11-15/h2-11H2,1H3/q+1/p+3. The summed E-state index contributed by atoms with van der Waals surface area (Å²) >= 11 is 0. The maximum atomic E-state index is 2.31. The number of rotatable bonds is 4. The Hall–Kier alpha value is -0.160. The molecule has 0 spiro atoms. The van der Waals surface area contributed by atoms with E-state index in [0.29, 0.717) is 0 Å². The Balaban J connectivity index is 1.65. The average Bonchev–Trinajstić information content (AvgIpc) is 2.15. The zero-order valence-electron chi connectivity index (χ0n) is 10.0. The molecule has 0 saturated carbocycles. The minimum absolute atomic E-state index is 1.36. The van der Waals surface area contributed by atoms with Crippen LogP contribution in [-0.4, -0.2) is 51.0 Å². The summed E-state index contributed by atoms with van der Waals surface area (Å²) in [5.41, 5.74) is 0. The number of hydrogen-bond donors (Lipinski definition) is 3. The van der Waals surface area contributed by atoms with E-state index in [4.69, 9.17) is 0 Å². The van der Waals surface area contributed by atoms with Crippen molar-refractivity contribution in [3.05, 3.63) is 0 Å². The molecule has 0 atom stereocenters. The van der Waals surface area contributed by atoms with Crippen molar-refractivity contribution in [3.8, 4) is 0 Å². The van der Waals surface area contributed by atoms with E-state index >= 15 is 0 Å². The van der Waals surface area contributed by atoms with Crippen molar-refractivity contribution in [2.45, 2.75) is 26.2 Å². The van der Waals surface area contributed by atoms with Gasteiger partial charge >= 0.3 is 0 Å². The molecule has 4 aliphatic heterocycles. The quantitative estimate of drug-likeness (QED) is 0.317. The third kappa shape index (κ3) is 1.80. The van der Waals surface area contributed by atoms with Gasteiger partial charge in [-0.3, -0.25) is 0 Å². The Morgan fingerprint density at radius 2 is 1.40 bits per heavy atom. The summed E-state index contributed by atoms with van der Waals surface area (Å²) in [5, 5.41) is 0. The number of unbranched alkanes of at least 4 members (excludes halogenated alkanes) is 2. The highest BCUT2D eigenvalue weighted by Gasteiger charge is 2.56. The lowest BCUT2D eigenvalue weighted by Crippen LogP contribution is -3.57. The van der Waals surface area contributed by atoms with Crippen molar-refractivity contribution in [2.75, 3.05) is 46.6 Å². The van der Waals surface area contributed by atoms with Crippen LogP contribution in [0.4, 0.5) is 0 Å². The molecule has 0 aromatic carbocycles. The van der Waals surface area contributed by atoms with E-state index in [1.54, 1.807) is 0 Å². The first-order valence-corrected chi connectivity index (χ1v) is 6.65. The fraction of sp³-hybridized carbons (Fsp3) is 1.00. The van der Waals surface area contributed by atoms with E-state index in [1.165, 1.54) is 70.3 Å². The van der Waals surface area contributed by atoms with Crippen LogP contribution in [-0.2, 0) is 0 Å². The van der Waals surface area contributed by atoms with Crippen molar-refractivity contribution in [1.29, 1.82) is 0 Å². The SMILES string of the molecule is CCCCC[N+]12C[NH+]3C[NH+](C[NH+](C3)C1)C2. The van der Waals surface area contributed by atoms with Crippen LogP contribution in [0.2, 0.25) is 0 Å². The molecule has 0 aromatic heterocycles. The monoisotopic (exact) mass is 214 g/mol. The number of nitrogens with zero attached hydrogens (tertiary/aromatic N) is 1. The average molecular weight is 214 g/mol. The van der Waals surface area contributed by atoms with Gasteiger partial charge in [0.1, 0.15) is 0 Å². The largest absolute Gasteiger partial charge is 0.223 e. The van der Waals surface area contributed by atoms with Crippen molar-refractivity contribution in [3.63, 3.8) is 0 Å². The Morgan fingerprint density at radius 1 is 0.867 bits per heavy atom. The Bertz CT molecular complexity index is 205.